The van der Waals surface area contributed by atoms with E-state index in [-0.39, 0.29) is 36.5 Å². The van der Waals surface area contributed by atoms with Gasteiger partial charge in [0.05, 0.1) is 30.1 Å². The minimum Gasteiger partial charge on any atom is -0.466 e. The number of nitrogens with one attached hydrogen (secondary N) is 1. The average molecular weight is 488 g/mol. The van der Waals surface area contributed by atoms with Crippen molar-refractivity contribution in [3.05, 3.63) is 58.3 Å². The molecule has 0 saturated heterocycles. The smallest absolute Gasteiger partial charge is 0.307 e. The van der Waals surface area contributed by atoms with Crippen LogP contribution in [0.25, 0.3) is 0 Å². The highest BCUT2D eigenvalue weighted by molar-refractivity contribution is 9.10. The van der Waals surface area contributed by atoms with Crippen molar-refractivity contribution in [3.8, 4) is 0 Å². The Labute approximate surface area is 192 Å². The number of hydrogen-bond donors (Lipinski definition) is 1. The summed E-state index contributed by atoms with van der Waals surface area (Å²) < 4.78 is 5.86. The minimum absolute atomic E-state index is 0.0598. The minimum atomic E-state index is -0.346. The molecule has 31 heavy (non-hydrogen) atoms. The predicted molar refractivity (Wildman–Crippen MR) is 127 cm³/mol. The summed E-state index contributed by atoms with van der Waals surface area (Å²) in [6.45, 7) is 6.41. The van der Waals surface area contributed by atoms with Gasteiger partial charge in [-0.25, -0.2) is 0 Å². The topological polar surface area (TPSA) is 83.4 Å². The van der Waals surface area contributed by atoms with Gasteiger partial charge < -0.3 is 9.64 Å². The molecule has 0 aliphatic carbocycles. The molecule has 2 aromatic rings. The van der Waals surface area contributed by atoms with Crippen molar-refractivity contribution in [2.75, 3.05) is 18.1 Å². The Morgan fingerprint density at radius 1 is 1.16 bits per heavy atom. The maximum atomic E-state index is 13.3. The van der Waals surface area contributed by atoms with Crippen molar-refractivity contribution in [2.24, 2.45) is 5.92 Å². The first-order valence-electron chi connectivity index (χ1n) is 10.7. The van der Waals surface area contributed by atoms with Gasteiger partial charge in [-0.3, -0.25) is 20.0 Å². The predicted octanol–water partition coefficient (Wildman–Crippen LogP) is 5.37. The fraction of sp³-hybridized carbons (Fsp3) is 0.417. The van der Waals surface area contributed by atoms with E-state index in [2.05, 4.69) is 34.8 Å². The number of ether oxygens (including phenoxy) is 1. The summed E-state index contributed by atoms with van der Waals surface area (Å²) in [4.78, 5) is 31.2. The lowest BCUT2D eigenvalue weighted by Crippen LogP contribution is -2.35. The van der Waals surface area contributed by atoms with E-state index < -0.39 is 0 Å². The molecule has 6 nitrogen and oxygen atoms in total. The van der Waals surface area contributed by atoms with Gasteiger partial charge in [-0.2, -0.15) is 0 Å². The zero-order valence-corrected chi connectivity index (χ0v) is 19.9. The number of pyridine rings is 1. The molecular formula is C24H30BrN3O3. The molecule has 1 aromatic heterocycles. The molecule has 0 aliphatic heterocycles. The van der Waals surface area contributed by atoms with Gasteiger partial charge in [0.15, 0.2) is 0 Å². The van der Waals surface area contributed by atoms with Gasteiger partial charge in [-0.1, -0.05) is 48.7 Å². The second-order valence-corrected chi connectivity index (χ2v) is 8.15. The summed E-state index contributed by atoms with van der Waals surface area (Å²) in [6, 6.07) is 10.9. The number of esters is 1. The van der Waals surface area contributed by atoms with Crippen LogP contribution in [-0.4, -0.2) is 35.7 Å². The Kier molecular flexibility index (Phi) is 9.85. The second-order valence-electron chi connectivity index (χ2n) is 7.24. The summed E-state index contributed by atoms with van der Waals surface area (Å²) in [5, 5.41) is 8.73. The van der Waals surface area contributed by atoms with E-state index in [0.717, 1.165) is 17.3 Å². The molecule has 1 N–H and O–H groups in total. The first-order chi connectivity index (χ1) is 14.9. The number of carbonyl (C=O) groups is 2. The van der Waals surface area contributed by atoms with Gasteiger partial charge in [0.1, 0.15) is 0 Å². The molecule has 0 aliphatic rings. The largest absolute Gasteiger partial charge is 0.466 e. The number of anilines is 1. The number of nitrogens with zero attached hydrogens (tertiary/aromatic N) is 2. The van der Waals surface area contributed by atoms with Gasteiger partial charge in [-0.05, 0) is 43.2 Å². The highest BCUT2D eigenvalue weighted by Gasteiger charge is 2.24. The number of hydrogen-bond acceptors (Lipinski definition) is 5. The van der Waals surface area contributed by atoms with Crippen LogP contribution in [0, 0.1) is 11.3 Å². The normalized spacial score (nSPS) is 10.7. The Morgan fingerprint density at radius 2 is 1.90 bits per heavy atom. The molecule has 0 radical (unpaired) electrons. The third-order valence-corrected chi connectivity index (χ3v) is 5.70. The van der Waals surface area contributed by atoms with Crippen LogP contribution in [0.4, 0.5) is 5.69 Å². The zero-order valence-electron chi connectivity index (χ0n) is 18.4. The van der Waals surface area contributed by atoms with Crippen molar-refractivity contribution >= 4 is 39.2 Å². The molecule has 166 valence electrons. The van der Waals surface area contributed by atoms with Crippen molar-refractivity contribution in [1.82, 2.24) is 4.98 Å². The maximum absolute atomic E-state index is 13.3. The zero-order chi connectivity index (χ0) is 22.8. The molecular weight excluding hydrogens is 458 g/mol. The van der Waals surface area contributed by atoms with Gasteiger partial charge in [0, 0.05) is 29.2 Å². The molecule has 0 fully saturated rings. The first kappa shape index (κ1) is 24.7. The molecule has 1 aromatic carbocycles. The molecule has 2 rings (SSSR count). The summed E-state index contributed by atoms with van der Waals surface area (Å²) in [7, 11) is 0. The Hall–Kier alpha value is -2.54. The molecule has 0 spiro atoms. The number of benzene rings is 1. The molecule has 0 atom stereocenters. The fourth-order valence-corrected chi connectivity index (χ4v) is 3.70. The van der Waals surface area contributed by atoms with E-state index in [1.807, 2.05) is 24.3 Å². The number of carbonyl (C=O) groups excluding carboxylic acids is 2. The molecule has 1 heterocycles. The monoisotopic (exact) mass is 487 g/mol. The lowest BCUT2D eigenvalue weighted by Gasteiger charge is -2.27. The number of rotatable bonds is 11. The maximum Gasteiger partial charge on any atom is 0.307 e. The number of amides is 1. The lowest BCUT2D eigenvalue weighted by molar-refractivity contribution is -0.142. The Morgan fingerprint density at radius 3 is 2.52 bits per heavy atom. The molecule has 0 saturated carbocycles. The van der Waals surface area contributed by atoms with E-state index >= 15 is 0 Å². The molecule has 1 amide bonds. The highest BCUT2D eigenvalue weighted by Crippen LogP contribution is 2.29. The van der Waals surface area contributed by atoms with E-state index in [9.17, 15) is 9.59 Å². The Balaban J connectivity index is 2.45. The Bertz CT molecular complexity index is 898. The van der Waals surface area contributed by atoms with Crippen LogP contribution in [0.15, 0.2) is 47.1 Å². The number of halogens is 1. The first-order valence-corrected chi connectivity index (χ1v) is 11.5. The number of aromatic nitrogens is 1. The third-order valence-electron chi connectivity index (χ3n) is 5.20. The summed E-state index contributed by atoms with van der Waals surface area (Å²) in [5.74, 6) is -0.136. The molecule has 7 heteroatoms. The van der Waals surface area contributed by atoms with Crippen molar-refractivity contribution < 1.29 is 14.3 Å². The quantitative estimate of drug-likeness (QED) is 0.340. The summed E-state index contributed by atoms with van der Waals surface area (Å²) in [5.41, 5.74) is 1.90. The average Bonchev–Trinajstić information content (AvgIpc) is 2.78. The van der Waals surface area contributed by atoms with Crippen LogP contribution in [0.3, 0.4) is 0 Å². The van der Waals surface area contributed by atoms with Gasteiger partial charge in [0.2, 0.25) is 5.91 Å². The third kappa shape index (κ3) is 6.99. The fourth-order valence-electron chi connectivity index (χ4n) is 3.34. The van der Waals surface area contributed by atoms with Crippen LogP contribution >= 0.6 is 15.9 Å². The van der Waals surface area contributed by atoms with Crippen LogP contribution in [-0.2, 0) is 14.3 Å². The lowest BCUT2D eigenvalue weighted by atomic mass is 9.97. The van der Waals surface area contributed by atoms with E-state index in [4.69, 9.17) is 10.1 Å². The van der Waals surface area contributed by atoms with E-state index in [0.29, 0.717) is 30.0 Å². The van der Waals surface area contributed by atoms with Crippen LogP contribution in [0.2, 0.25) is 0 Å². The van der Waals surface area contributed by atoms with Crippen LogP contribution < -0.4 is 4.90 Å². The van der Waals surface area contributed by atoms with Gasteiger partial charge in [0.25, 0.3) is 0 Å². The summed E-state index contributed by atoms with van der Waals surface area (Å²) >= 11 is 3.47. The van der Waals surface area contributed by atoms with Crippen molar-refractivity contribution in [1.29, 1.82) is 5.41 Å². The van der Waals surface area contributed by atoms with Gasteiger partial charge in [-0.15, -0.1) is 0 Å². The highest BCUT2D eigenvalue weighted by atomic mass is 79.9. The van der Waals surface area contributed by atoms with Gasteiger partial charge >= 0.3 is 5.97 Å². The van der Waals surface area contributed by atoms with Crippen LogP contribution in [0.1, 0.15) is 57.7 Å². The van der Waals surface area contributed by atoms with E-state index in [1.54, 1.807) is 30.2 Å². The second kappa shape index (κ2) is 12.3. The summed E-state index contributed by atoms with van der Waals surface area (Å²) in [6.07, 6.45) is 3.94. The van der Waals surface area contributed by atoms with Crippen molar-refractivity contribution in [3.63, 3.8) is 0 Å². The van der Waals surface area contributed by atoms with E-state index in [1.165, 1.54) is 0 Å². The molecule has 0 unspecified atom stereocenters. The molecule has 0 bridgehead atoms. The standard InChI is InChI=1S/C24H30BrN3O3/c1-4-17(5-2)15-22(29)28(14-12-23(30)31-6-3)21-11-10-18(25)16-19(21)24(26)20-9-7-8-13-27-20/h7-11,13,16-17,26H,4-6,12,14-15H2,1-3H3. The van der Waals surface area contributed by atoms with Crippen LogP contribution in [0.5, 0.6) is 0 Å². The SMILES string of the molecule is CCOC(=O)CCN(C(=O)CC(CC)CC)c1ccc(Br)cc1C(=N)c1ccccn1. The van der Waals surface area contributed by atoms with Crippen molar-refractivity contribution in [2.45, 2.75) is 46.5 Å².